The number of aliphatic hydroxyl groups is 1. The lowest BCUT2D eigenvalue weighted by molar-refractivity contribution is 0.0159. The molecule has 3 aromatic rings. The number of rotatable bonds is 3. The van der Waals surface area contributed by atoms with Crippen LogP contribution in [-0.4, -0.2) is 62.3 Å². The van der Waals surface area contributed by atoms with Crippen molar-refractivity contribution in [1.29, 1.82) is 0 Å². The molecule has 3 heterocycles. The Morgan fingerprint density at radius 1 is 1.30 bits per heavy atom. The average molecular weight is 430 g/mol. The second kappa shape index (κ2) is 7.88. The largest absolute Gasteiger partial charge is 0.444 e. The Morgan fingerprint density at radius 3 is 2.73 bits per heavy atom. The normalized spacial score (nSPS) is 17.6. The van der Waals surface area contributed by atoms with Crippen LogP contribution >= 0.6 is 11.3 Å². The highest BCUT2D eigenvalue weighted by molar-refractivity contribution is 7.16. The number of hydrogen-bond acceptors (Lipinski definition) is 7. The molecule has 1 saturated heterocycles. The molecule has 0 radical (unpaired) electrons. The Kier molecular flexibility index (Phi) is 5.42. The molecule has 1 aliphatic heterocycles. The number of nitrogens with one attached hydrogen (secondary N) is 1. The summed E-state index contributed by atoms with van der Waals surface area (Å²) in [6.07, 6.45) is -0.285. The molecule has 2 aromatic heterocycles. The van der Waals surface area contributed by atoms with Gasteiger partial charge in [0.2, 0.25) is 0 Å². The van der Waals surface area contributed by atoms with Crippen LogP contribution in [0.4, 0.5) is 9.80 Å². The van der Waals surface area contributed by atoms with Crippen molar-refractivity contribution in [1.82, 2.24) is 19.9 Å². The van der Waals surface area contributed by atoms with E-state index in [-0.39, 0.29) is 18.7 Å². The Labute approximate surface area is 179 Å². The molecule has 0 spiro atoms. The van der Waals surface area contributed by atoms with Crippen molar-refractivity contribution in [3.8, 4) is 11.5 Å². The number of ether oxygens (including phenoxy) is 1. The molecule has 2 N–H and O–H groups in total. The van der Waals surface area contributed by atoms with Gasteiger partial charge in [0.25, 0.3) is 0 Å². The molecule has 0 saturated carbocycles. The van der Waals surface area contributed by atoms with Gasteiger partial charge in [-0.3, -0.25) is 0 Å². The van der Waals surface area contributed by atoms with E-state index in [0.29, 0.717) is 30.5 Å². The van der Waals surface area contributed by atoms with E-state index in [9.17, 15) is 9.90 Å². The van der Waals surface area contributed by atoms with E-state index < -0.39 is 5.60 Å². The predicted molar refractivity (Wildman–Crippen MR) is 118 cm³/mol. The summed E-state index contributed by atoms with van der Waals surface area (Å²) in [7, 11) is 0. The van der Waals surface area contributed by atoms with Crippen molar-refractivity contribution in [3.05, 3.63) is 29.3 Å². The Hall–Kier alpha value is -2.65. The minimum atomic E-state index is -0.518. The number of amides is 1. The molecule has 0 bridgehead atoms. The number of benzene rings is 1. The summed E-state index contributed by atoms with van der Waals surface area (Å²) >= 11 is 1.46. The number of imidazole rings is 1. The molecule has 1 atom stereocenters. The number of fused-ring (bicyclic) bond motifs is 1. The molecule has 9 heteroatoms. The third kappa shape index (κ3) is 4.13. The van der Waals surface area contributed by atoms with Crippen LogP contribution in [0.5, 0.6) is 0 Å². The maximum atomic E-state index is 12.5. The average Bonchev–Trinajstić information content (AvgIpc) is 3.30. The maximum absolute atomic E-state index is 12.5. The third-order valence-corrected chi connectivity index (χ3v) is 6.05. The van der Waals surface area contributed by atoms with E-state index in [4.69, 9.17) is 4.74 Å². The Bertz CT molecular complexity index is 1020. The quantitative estimate of drug-likeness (QED) is 0.660. The van der Waals surface area contributed by atoms with Crippen LogP contribution < -0.4 is 4.90 Å². The number of aliphatic hydroxyl groups excluding tert-OH is 1. The topological polar surface area (TPSA) is 94.6 Å². The van der Waals surface area contributed by atoms with Gasteiger partial charge in [0, 0.05) is 25.7 Å². The lowest BCUT2D eigenvalue weighted by atomic mass is 10.2. The number of carbonyl (C=O) groups is 1. The van der Waals surface area contributed by atoms with E-state index in [0.717, 1.165) is 21.7 Å². The van der Waals surface area contributed by atoms with Gasteiger partial charge in [0.05, 0.1) is 17.6 Å². The SMILES string of the molecule is CC1CN(c2sc(CO)nc2-c2nc3ccccc3[nH]2)CCN1C(=O)OC(C)(C)C. The number of piperazine rings is 1. The molecule has 1 aliphatic rings. The fraction of sp³-hybridized carbons (Fsp3) is 0.476. The van der Waals surface area contributed by atoms with Crippen molar-refractivity contribution in [2.45, 2.75) is 45.9 Å². The van der Waals surface area contributed by atoms with Crippen molar-refractivity contribution < 1.29 is 14.6 Å². The van der Waals surface area contributed by atoms with Gasteiger partial charge in [-0.05, 0) is 39.8 Å². The van der Waals surface area contributed by atoms with Gasteiger partial charge in [0.1, 0.15) is 21.3 Å². The van der Waals surface area contributed by atoms with E-state index in [1.54, 1.807) is 4.90 Å². The second-order valence-electron chi connectivity index (χ2n) is 8.49. The maximum Gasteiger partial charge on any atom is 0.410 e. The van der Waals surface area contributed by atoms with E-state index in [2.05, 4.69) is 19.9 Å². The zero-order chi connectivity index (χ0) is 21.5. The molecule has 1 unspecified atom stereocenters. The van der Waals surface area contributed by atoms with Crippen molar-refractivity contribution in [2.24, 2.45) is 0 Å². The first-order chi connectivity index (χ1) is 14.2. The number of H-pyrrole nitrogens is 1. The number of para-hydroxylation sites is 2. The predicted octanol–water partition coefficient (Wildman–Crippen LogP) is 3.62. The zero-order valence-corrected chi connectivity index (χ0v) is 18.5. The minimum Gasteiger partial charge on any atom is -0.444 e. The fourth-order valence-corrected chi connectivity index (χ4v) is 4.55. The molecule has 0 aliphatic carbocycles. The molecule has 30 heavy (non-hydrogen) atoms. The number of anilines is 1. The van der Waals surface area contributed by atoms with Gasteiger partial charge in [-0.1, -0.05) is 23.5 Å². The highest BCUT2D eigenvalue weighted by Crippen LogP contribution is 2.37. The van der Waals surface area contributed by atoms with E-state index in [1.807, 2.05) is 52.0 Å². The number of carbonyl (C=O) groups excluding carboxylic acids is 1. The summed E-state index contributed by atoms with van der Waals surface area (Å²) in [6, 6.07) is 7.83. The standard InChI is InChI=1S/C21H27N5O3S/c1-13-11-25(9-10-26(13)20(28)29-21(2,3)4)19-17(24-16(12-27)30-19)18-22-14-7-5-6-8-15(14)23-18/h5-8,13,27H,9-12H2,1-4H3,(H,22,23). The second-order valence-corrected chi connectivity index (χ2v) is 9.55. The van der Waals surface area contributed by atoms with Crippen LogP contribution in [0.15, 0.2) is 24.3 Å². The van der Waals surface area contributed by atoms with Crippen molar-refractivity contribution in [2.75, 3.05) is 24.5 Å². The summed E-state index contributed by atoms with van der Waals surface area (Å²) in [5, 5.41) is 11.3. The first-order valence-corrected chi connectivity index (χ1v) is 10.9. The summed E-state index contributed by atoms with van der Waals surface area (Å²) in [4.78, 5) is 29.2. The lowest BCUT2D eigenvalue weighted by Crippen LogP contribution is -2.55. The monoisotopic (exact) mass is 429 g/mol. The van der Waals surface area contributed by atoms with Crippen LogP contribution in [0.2, 0.25) is 0 Å². The number of nitrogens with zero attached hydrogens (tertiary/aromatic N) is 4. The molecular weight excluding hydrogens is 402 g/mol. The van der Waals surface area contributed by atoms with Crippen LogP contribution in [0.25, 0.3) is 22.6 Å². The van der Waals surface area contributed by atoms with Gasteiger partial charge in [-0.2, -0.15) is 0 Å². The van der Waals surface area contributed by atoms with E-state index >= 15 is 0 Å². The van der Waals surface area contributed by atoms with E-state index in [1.165, 1.54) is 11.3 Å². The number of aromatic amines is 1. The summed E-state index contributed by atoms with van der Waals surface area (Å²) in [5.41, 5.74) is 2.04. The Balaban J connectivity index is 1.59. The first-order valence-electron chi connectivity index (χ1n) is 10.1. The number of hydrogen-bond donors (Lipinski definition) is 2. The highest BCUT2D eigenvalue weighted by atomic mass is 32.1. The lowest BCUT2D eigenvalue weighted by Gasteiger charge is -2.40. The third-order valence-electron chi connectivity index (χ3n) is 4.95. The van der Waals surface area contributed by atoms with Gasteiger partial charge in [-0.25, -0.2) is 14.8 Å². The van der Waals surface area contributed by atoms with Crippen molar-refractivity contribution in [3.63, 3.8) is 0 Å². The van der Waals surface area contributed by atoms with Gasteiger partial charge in [-0.15, -0.1) is 0 Å². The summed E-state index contributed by atoms with van der Waals surface area (Å²) in [5.74, 6) is 0.685. The number of aromatic nitrogens is 3. The Morgan fingerprint density at radius 2 is 2.07 bits per heavy atom. The smallest absolute Gasteiger partial charge is 0.410 e. The van der Waals surface area contributed by atoms with Crippen molar-refractivity contribution >= 4 is 33.5 Å². The van der Waals surface area contributed by atoms with Gasteiger partial charge >= 0.3 is 6.09 Å². The van der Waals surface area contributed by atoms with Crippen LogP contribution in [0.3, 0.4) is 0 Å². The molecule has 1 fully saturated rings. The molecule has 4 rings (SSSR count). The molecule has 160 valence electrons. The van der Waals surface area contributed by atoms with Crippen LogP contribution in [0.1, 0.15) is 32.7 Å². The van der Waals surface area contributed by atoms with Gasteiger partial charge in [0.15, 0.2) is 5.82 Å². The number of thiazole rings is 1. The molecular formula is C21H27N5O3S. The minimum absolute atomic E-state index is 0.0169. The fourth-order valence-electron chi connectivity index (χ4n) is 3.59. The molecule has 1 aromatic carbocycles. The summed E-state index contributed by atoms with van der Waals surface area (Å²) in [6.45, 7) is 9.39. The summed E-state index contributed by atoms with van der Waals surface area (Å²) < 4.78 is 5.55. The first kappa shape index (κ1) is 20.6. The highest BCUT2D eigenvalue weighted by Gasteiger charge is 2.33. The molecule has 1 amide bonds. The zero-order valence-electron chi connectivity index (χ0n) is 17.7. The van der Waals surface area contributed by atoms with Crippen LogP contribution in [-0.2, 0) is 11.3 Å². The van der Waals surface area contributed by atoms with Crippen LogP contribution in [0, 0.1) is 0 Å². The molecule has 8 nitrogen and oxygen atoms in total. The van der Waals surface area contributed by atoms with Gasteiger partial charge < -0.3 is 24.6 Å².